The Bertz CT molecular complexity index is 286. The first-order valence-electron chi connectivity index (χ1n) is 3.79. The summed E-state index contributed by atoms with van der Waals surface area (Å²) in [6.07, 6.45) is 1.61. The maximum absolute atomic E-state index is 10.8. The summed E-state index contributed by atoms with van der Waals surface area (Å²) in [4.78, 5) is 14.6. The first-order valence-corrected chi connectivity index (χ1v) is 4.17. The molecule has 0 saturated heterocycles. The van der Waals surface area contributed by atoms with Crippen LogP contribution in [0.1, 0.15) is 5.56 Å². The molecule has 0 atom stereocenters. The van der Waals surface area contributed by atoms with Crippen molar-refractivity contribution >= 4 is 17.5 Å². The summed E-state index contributed by atoms with van der Waals surface area (Å²) < 4.78 is 0. The lowest BCUT2D eigenvalue weighted by molar-refractivity contribution is -0.119. The van der Waals surface area contributed by atoms with Crippen LogP contribution < -0.4 is 11.1 Å². The molecule has 0 saturated carbocycles. The number of halogens is 1. The summed E-state index contributed by atoms with van der Waals surface area (Å²) in [5.74, 6) is -0.185. The molecule has 70 valence electrons. The van der Waals surface area contributed by atoms with Crippen molar-refractivity contribution in [1.29, 1.82) is 0 Å². The molecule has 1 aromatic rings. The van der Waals surface area contributed by atoms with Crippen molar-refractivity contribution in [2.45, 2.75) is 6.54 Å². The standard InChI is InChI=1S/C8H10ClN3O/c9-7-2-1-6(4-11-7)5-12-8(13)3-10/h1-2,4H,3,5,10H2,(H,12,13). The van der Waals surface area contributed by atoms with Crippen LogP contribution >= 0.6 is 11.6 Å². The average Bonchev–Trinajstić information content (AvgIpc) is 2.16. The molecule has 0 radical (unpaired) electrons. The summed E-state index contributed by atoms with van der Waals surface area (Å²) in [6, 6.07) is 3.47. The lowest BCUT2D eigenvalue weighted by Gasteiger charge is -2.02. The number of hydrogen-bond acceptors (Lipinski definition) is 3. The van der Waals surface area contributed by atoms with Gasteiger partial charge >= 0.3 is 0 Å². The molecule has 1 heterocycles. The molecule has 5 heteroatoms. The van der Waals surface area contributed by atoms with E-state index in [1.54, 1.807) is 18.3 Å². The second kappa shape index (κ2) is 4.79. The predicted molar refractivity (Wildman–Crippen MR) is 50.1 cm³/mol. The minimum atomic E-state index is -0.185. The third-order valence-corrected chi connectivity index (χ3v) is 1.69. The van der Waals surface area contributed by atoms with Gasteiger partial charge in [-0.25, -0.2) is 4.98 Å². The highest BCUT2D eigenvalue weighted by Gasteiger charge is 1.97. The van der Waals surface area contributed by atoms with Gasteiger partial charge in [0, 0.05) is 12.7 Å². The van der Waals surface area contributed by atoms with Crippen LogP contribution in [0.3, 0.4) is 0 Å². The van der Waals surface area contributed by atoms with E-state index in [0.29, 0.717) is 11.7 Å². The molecule has 13 heavy (non-hydrogen) atoms. The van der Waals surface area contributed by atoms with Gasteiger partial charge in [-0.05, 0) is 11.6 Å². The molecule has 1 amide bonds. The maximum Gasteiger partial charge on any atom is 0.234 e. The molecule has 0 aromatic carbocycles. The van der Waals surface area contributed by atoms with E-state index in [0.717, 1.165) is 5.56 Å². The van der Waals surface area contributed by atoms with Gasteiger partial charge in [0.1, 0.15) is 5.15 Å². The molecule has 0 aliphatic rings. The van der Waals surface area contributed by atoms with Crippen LogP contribution in [0.2, 0.25) is 5.15 Å². The summed E-state index contributed by atoms with van der Waals surface area (Å²) in [6.45, 7) is 0.432. The number of amides is 1. The number of nitrogens with zero attached hydrogens (tertiary/aromatic N) is 1. The van der Waals surface area contributed by atoms with E-state index in [4.69, 9.17) is 17.3 Å². The minimum Gasteiger partial charge on any atom is -0.351 e. The van der Waals surface area contributed by atoms with E-state index < -0.39 is 0 Å². The molecule has 1 aromatic heterocycles. The van der Waals surface area contributed by atoms with Crippen molar-refractivity contribution in [2.24, 2.45) is 5.73 Å². The zero-order valence-corrected chi connectivity index (χ0v) is 7.71. The Hall–Kier alpha value is -1.13. The zero-order chi connectivity index (χ0) is 9.68. The topological polar surface area (TPSA) is 68.0 Å². The summed E-state index contributed by atoms with van der Waals surface area (Å²) >= 11 is 5.58. The third kappa shape index (κ3) is 3.40. The minimum absolute atomic E-state index is 0.00101. The van der Waals surface area contributed by atoms with Gasteiger partial charge in [0.05, 0.1) is 6.54 Å². The lowest BCUT2D eigenvalue weighted by Crippen LogP contribution is -2.29. The fraction of sp³-hybridized carbons (Fsp3) is 0.250. The Kier molecular flexibility index (Phi) is 3.67. The Labute approximate surface area is 81.1 Å². The summed E-state index contributed by atoms with van der Waals surface area (Å²) in [7, 11) is 0. The highest BCUT2D eigenvalue weighted by molar-refractivity contribution is 6.29. The van der Waals surface area contributed by atoms with Gasteiger partial charge in [0.25, 0.3) is 0 Å². The molecule has 1 rings (SSSR count). The Morgan fingerprint density at radius 2 is 2.38 bits per heavy atom. The number of hydrogen-bond donors (Lipinski definition) is 2. The van der Waals surface area contributed by atoms with Crippen LogP contribution in [0.4, 0.5) is 0 Å². The Morgan fingerprint density at radius 3 is 2.92 bits per heavy atom. The summed E-state index contributed by atoms with van der Waals surface area (Å²) in [5, 5.41) is 3.06. The van der Waals surface area contributed by atoms with E-state index in [1.165, 1.54) is 0 Å². The number of carbonyl (C=O) groups excluding carboxylic acids is 1. The highest BCUT2D eigenvalue weighted by atomic mass is 35.5. The number of pyridine rings is 1. The van der Waals surface area contributed by atoms with Crippen LogP contribution in [0.15, 0.2) is 18.3 Å². The van der Waals surface area contributed by atoms with Crippen molar-refractivity contribution in [3.63, 3.8) is 0 Å². The molecule has 0 fully saturated rings. The molecule has 3 N–H and O–H groups in total. The molecule has 0 bridgehead atoms. The van der Waals surface area contributed by atoms with E-state index in [1.807, 2.05) is 0 Å². The first-order chi connectivity index (χ1) is 6.22. The molecule has 0 aliphatic heterocycles. The second-order valence-electron chi connectivity index (χ2n) is 2.47. The number of rotatable bonds is 3. The second-order valence-corrected chi connectivity index (χ2v) is 2.86. The van der Waals surface area contributed by atoms with Gasteiger partial charge in [0.15, 0.2) is 0 Å². The van der Waals surface area contributed by atoms with Gasteiger partial charge in [-0.1, -0.05) is 17.7 Å². The van der Waals surface area contributed by atoms with Crippen molar-refractivity contribution < 1.29 is 4.79 Å². The third-order valence-electron chi connectivity index (χ3n) is 1.46. The van der Waals surface area contributed by atoms with Crippen molar-refractivity contribution in [3.8, 4) is 0 Å². The number of nitrogens with two attached hydrogens (primary N) is 1. The molecule has 4 nitrogen and oxygen atoms in total. The van der Waals surface area contributed by atoms with Crippen molar-refractivity contribution in [2.75, 3.05) is 6.54 Å². The smallest absolute Gasteiger partial charge is 0.234 e. The quantitative estimate of drug-likeness (QED) is 0.689. The molecule has 0 spiro atoms. The number of nitrogens with one attached hydrogen (secondary N) is 1. The maximum atomic E-state index is 10.8. The van der Waals surface area contributed by atoms with Crippen LogP contribution in [0.5, 0.6) is 0 Å². The molecule has 0 unspecified atom stereocenters. The predicted octanol–water partition coefficient (Wildman–Crippen LogP) is 0.310. The monoisotopic (exact) mass is 199 g/mol. The SMILES string of the molecule is NCC(=O)NCc1ccc(Cl)nc1. The van der Waals surface area contributed by atoms with Crippen molar-refractivity contribution in [3.05, 3.63) is 29.0 Å². The van der Waals surface area contributed by atoms with Gasteiger partial charge in [0.2, 0.25) is 5.91 Å². The van der Waals surface area contributed by atoms with Gasteiger partial charge < -0.3 is 11.1 Å². The van der Waals surface area contributed by atoms with E-state index in [2.05, 4.69) is 10.3 Å². The summed E-state index contributed by atoms with van der Waals surface area (Å²) in [5.41, 5.74) is 6.01. The van der Waals surface area contributed by atoms with Crippen LogP contribution in [-0.2, 0) is 11.3 Å². The van der Waals surface area contributed by atoms with Crippen molar-refractivity contribution in [1.82, 2.24) is 10.3 Å². The van der Waals surface area contributed by atoms with Gasteiger partial charge in [-0.15, -0.1) is 0 Å². The largest absolute Gasteiger partial charge is 0.351 e. The Morgan fingerprint density at radius 1 is 1.62 bits per heavy atom. The van der Waals surface area contributed by atoms with Crippen LogP contribution in [-0.4, -0.2) is 17.4 Å². The lowest BCUT2D eigenvalue weighted by atomic mass is 10.3. The molecular weight excluding hydrogens is 190 g/mol. The van der Waals surface area contributed by atoms with E-state index in [-0.39, 0.29) is 12.5 Å². The molecule has 0 aliphatic carbocycles. The molecular formula is C8H10ClN3O. The van der Waals surface area contributed by atoms with Gasteiger partial charge in [-0.3, -0.25) is 4.79 Å². The number of carbonyl (C=O) groups is 1. The van der Waals surface area contributed by atoms with Gasteiger partial charge in [-0.2, -0.15) is 0 Å². The van der Waals surface area contributed by atoms with E-state index >= 15 is 0 Å². The zero-order valence-electron chi connectivity index (χ0n) is 6.96. The van der Waals surface area contributed by atoms with Crippen LogP contribution in [0, 0.1) is 0 Å². The van der Waals surface area contributed by atoms with E-state index in [9.17, 15) is 4.79 Å². The Balaban J connectivity index is 2.46. The van der Waals surface area contributed by atoms with Crippen LogP contribution in [0.25, 0.3) is 0 Å². The fourth-order valence-corrected chi connectivity index (χ4v) is 0.896. The average molecular weight is 200 g/mol. The highest BCUT2D eigenvalue weighted by Crippen LogP contribution is 2.04. The first kappa shape index (κ1) is 9.95. The number of aromatic nitrogens is 1. The fourth-order valence-electron chi connectivity index (χ4n) is 0.784. The normalized spacial score (nSPS) is 9.69.